The first-order chi connectivity index (χ1) is 12.2. The van der Waals surface area contributed by atoms with Crippen LogP contribution in [-0.2, 0) is 22.6 Å². The maximum atomic E-state index is 12.6. The van der Waals surface area contributed by atoms with E-state index in [1.807, 2.05) is 53.5 Å². The highest BCUT2D eigenvalue weighted by Gasteiger charge is 2.25. The maximum Gasteiger partial charge on any atom is 0.251 e. The van der Waals surface area contributed by atoms with Crippen LogP contribution in [0.2, 0.25) is 0 Å². The molecule has 0 aliphatic carbocycles. The van der Waals surface area contributed by atoms with Crippen LogP contribution in [0.4, 0.5) is 0 Å². The van der Waals surface area contributed by atoms with Gasteiger partial charge < -0.3 is 9.64 Å². The van der Waals surface area contributed by atoms with Gasteiger partial charge in [-0.3, -0.25) is 9.69 Å². The van der Waals surface area contributed by atoms with Crippen LogP contribution in [-0.4, -0.2) is 54.5 Å². The minimum atomic E-state index is -0.391. The normalized spacial score (nSPS) is 16.8. The average molecular weight is 359 g/mol. The van der Waals surface area contributed by atoms with Crippen LogP contribution >= 0.6 is 11.3 Å². The number of thiophene rings is 1. The number of rotatable bonds is 7. The molecule has 1 aromatic heterocycles. The van der Waals surface area contributed by atoms with Gasteiger partial charge in [-0.1, -0.05) is 36.4 Å². The van der Waals surface area contributed by atoms with Crippen molar-refractivity contribution in [2.75, 3.05) is 32.7 Å². The predicted octanol–water partition coefficient (Wildman–Crippen LogP) is 3.04. The van der Waals surface area contributed by atoms with Gasteiger partial charge in [-0.2, -0.15) is 0 Å². The lowest BCUT2D eigenvalue weighted by Crippen LogP contribution is -2.51. The number of carbonyl (C=O) groups is 1. The van der Waals surface area contributed by atoms with Gasteiger partial charge in [-0.05, 0) is 30.4 Å². The van der Waals surface area contributed by atoms with Gasteiger partial charge in [-0.25, -0.2) is 0 Å². The highest BCUT2D eigenvalue weighted by molar-refractivity contribution is 7.09. The fourth-order valence-corrected chi connectivity index (χ4v) is 3.74. The van der Waals surface area contributed by atoms with Gasteiger partial charge in [0.1, 0.15) is 6.10 Å². The zero-order valence-electron chi connectivity index (χ0n) is 14.8. The third kappa shape index (κ3) is 5.39. The lowest BCUT2D eigenvalue weighted by atomic mass is 10.2. The van der Waals surface area contributed by atoms with Crippen molar-refractivity contribution in [3.8, 4) is 0 Å². The monoisotopic (exact) mass is 358 g/mol. The van der Waals surface area contributed by atoms with Crippen LogP contribution in [0.15, 0.2) is 47.8 Å². The molecule has 1 fully saturated rings. The van der Waals surface area contributed by atoms with E-state index in [2.05, 4.69) is 22.4 Å². The summed E-state index contributed by atoms with van der Waals surface area (Å²) in [5, 5.41) is 2.13. The number of benzene rings is 1. The lowest BCUT2D eigenvalue weighted by molar-refractivity contribution is -0.145. The Hall–Kier alpha value is -1.69. The van der Waals surface area contributed by atoms with Crippen molar-refractivity contribution >= 4 is 17.2 Å². The second kappa shape index (κ2) is 9.13. The van der Waals surface area contributed by atoms with Crippen molar-refractivity contribution in [1.29, 1.82) is 0 Å². The summed E-state index contributed by atoms with van der Waals surface area (Å²) in [5.74, 6) is 0.105. The molecule has 0 bridgehead atoms. The van der Waals surface area contributed by atoms with Crippen LogP contribution in [0.5, 0.6) is 0 Å². The summed E-state index contributed by atoms with van der Waals surface area (Å²) < 4.78 is 5.76. The predicted molar refractivity (Wildman–Crippen MR) is 102 cm³/mol. The van der Waals surface area contributed by atoms with Crippen molar-refractivity contribution in [2.24, 2.45) is 0 Å². The number of amides is 1. The molecule has 1 aromatic carbocycles. The van der Waals surface area contributed by atoms with Crippen LogP contribution < -0.4 is 0 Å². The number of nitrogens with zero attached hydrogens (tertiary/aromatic N) is 2. The molecule has 2 aromatic rings. The van der Waals surface area contributed by atoms with Gasteiger partial charge in [0.15, 0.2) is 0 Å². The molecule has 25 heavy (non-hydrogen) atoms. The van der Waals surface area contributed by atoms with Gasteiger partial charge in [0, 0.05) is 37.6 Å². The Kier molecular flexibility index (Phi) is 6.62. The average Bonchev–Trinajstić information content (AvgIpc) is 3.19. The molecule has 1 saturated heterocycles. The molecule has 1 amide bonds. The largest absolute Gasteiger partial charge is 0.364 e. The Morgan fingerprint density at radius 1 is 1.12 bits per heavy atom. The number of carbonyl (C=O) groups excluding carboxylic acids is 1. The van der Waals surface area contributed by atoms with Crippen molar-refractivity contribution in [3.63, 3.8) is 0 Å². The van der Waals surface area contributed by atoms with E-state index in [1.54, 1.807) is 0 Å². The summed E-state index contributed by atoms with van der Waals surface area (Å²) >= 11 is 1.82. The minimum absolute atomic E-state index is 0.105. The molecule has 134 valence electrons. The van der Waals surface area contributed by atoms with Crippen molar-refractivity contribution in [1.82, 2.24) is 9.80 Å². The first-order valence-electron chi connectivity index (χ1n) is 8.91. The summed E-state index contributed by atoms with van der Waals surface area (Å²) in [4.78, 5) is 18.4. The highest BCUT2D eigenvalue weighted by atomic mass is 32.1. The molecular weight excluding hydrogens is 332 g/mol. The molecule has 4 nitrogen and oxygen atoms in total. The first kappa shape index (κ1) is 18.1. The van der Waals surface area contributed by atoms with Gasteiger partial charge in [0.2, 0.25) is 0 Å². The van der Waals surface area contributed by atoms with Crippen molar-refractivity contribution in [2.45, 2.75) is 26.1 Å². The fraction of sp³-hybridized carbons (Fsp3) is 0.450. The fourth-order valence-electron chi connectivity index (χ4n) is 3.04. The highest BCUT2D eigenvalue weighted by Crippen LogP contribution is 2.12. The van der Waals surface area contributed by atoms with Crippen molar-refractivity contribution in [3.05, 3.63) is 58.3 Å². The quantitative estimate of drug-likeness (QED) is 0.763. The number of piperazine rings is 1. The van der Waals surface area contributed by atoms with E-state index in [0.29, 0.717) is 6.61 Å². The molecule has 1 aliphatic rings. The molecular formula is C20H26N2O2S. The van der Waals surface area contributed by atoms with Crippen LogP contribution in [0.1, 0.15) is 17.4 Å². The molecule has 1 unspecified atom stereocenters. The van der Waals surface area contributed by atoms with E-state index in [-0.39, 0.29) is 5.91 Å². The summed E-state index contributed by atoms with van der Waals surface area (Å²) in [6.45, 7) is 6.89. The molecule has 0 saturated carbocycles. The molecule has 1 aliphatic heterocycles. The van der Waals surface area contributed by atoms with E-state index in [1.165, 1.54) is 4.88 Å². The molecule has 2 heterocycles. The lowest BCUT2D eigenvalue weighted by Gasteiger charge is -2.35. The maximum absolute atomic E-state index is 12.6. The third-order valence-electron chi connectivity index (χ3n) is 4.63. The summed E-state index contributed by atoms with van der Waals surface area (Å²) in [6.07, 6.45) is 0.709. The number of hydrogen-bond acceptors (Lipinski definition) is 4. The zero-order valence-corrected chi connectivity index (χ0v) is 15.6. The van der Waals surface area contributed by atoms with Gasteiger partial charge in [0.25, 0.3) is 5.91 Å². The Labute approximate surface area is 154 Å². The number of ether oxygens (including phenoxy) is 1. The van der Waals surface area contributed by atoms with Crippen LogP contribution in [0.25, 0.3) is 0 Å². The topological polar surface area (TPSA) is 32.8 Å². The Morgan fingerprint density at radius 3 is 2.56 bits per heavy atom. The van der Waals surface area contributed by atoms with Gasteiger partial charge >= 0.3 is 0 Å². The van der Waals surface area contributed by atoms with Crippen LogP contribution in [0.3, 0.4) is 0 Å². The Morgan fingerprint density at radius 2 is 1.88 bits per heavy atom. The molecule has 1 atom stereocenters. The van der Waals surface area contributed by atoms with E-state index in [0.717, 1.165) is 44.7 Å². The zero-order chi connectivity index (χ0) is 17.5. The Bertz CT molecular complexity index is 637. The summed E-state index contributed by atoms with van der Waals surface area (Å²) in [6, 6.07) is 14.3. The second-order valence-electron chi connectivity index (χ2n) is 6.44. The molecule has 0 N–H and O–H groups in total. The number of hydrogen-bond donors (Lipinski definition) is 0. The summed E-state index contributed by atoms with van der Waals surface area (Å²) in [7, 11) is 0. The van der Waals surface area contributed by atoms with E-state index in [4.69, 9.17) is 4.74 Å². The van der Waals surface area contributed by atoms with Gasteiger partial charge in [-0.15, -0.1) is 11.3 Å². The SMILES string of the molecule is CC(OCc1ccccc1)C(=O)N1CCN(CCc2cccs2)CC1. The van der Waals surface area contributed by atoms with Crippen molar-refractivity contribution < 1.29 is 9.53 Å². The van der Waals surface area contributed by atoms with E-state index < -0.39 is 6.10 Å². The second-order valence-corrected chi connectivity index (χ2v) is 7.47. The molecule has 0 radical (unpaired) electrons. The third-order valence-corrected chi connectivity index (χ3v) is 5.57. The van der Waals surface area contributed by atoms with E-state index in [9.17, 15) is 4.79 Å². The smallest absolute Gasteiger partial charge is 0.251 e. The molecule has 3 rings (SSSR count). The van der Waals surface area contributed by atoms with E-state index >= 15 is 0 Å². The standard InChI is InChI=1S/C20H26N2O2S/c1-17(24-16-18-6-3-2-4-7-18)20(23)22-13-11-21(12-14-22)10-9-19-8-5-15-25-19/h2-8,15,17H,9-14,16H2,1H3. The summed E-state index contributed by atoms with van der Waals surface area (Å²) in [5.41, 5.74) is 1.10. The molecule has 5 heteroatoms. The molecule has 0 spiro atoms. The first-order valence-corrected chi connectivity index (χ1v) is 9.79. The minimum Gasteiger partial charge on any atom is -0.364 e. The van der Waals surface area contributed by atoms with Gasteiger partial charge in [0.05, 0.1) is 6.61 Å². The Balaban J connectivity index is 1.38. The van der Waals surface area contributed by atoms with Crippen LogP contribution in [0, 0.1) is 0 Å².